The summed E-state index contributed by atoms with van der Waals surface area (Å²) in [6.45, 7) is 2.84. The molecule has 0 saturated carbocycles. The van der Waals surface area contributed by atoms with Crippen LogP contribution < -0.4 is 0 Å². The fourth-order valence-electron chi connectivity index (χ4n) is 1.21. The van der Waals surface area contributed by atoms with Crippen LogP contribution in [-0.2, 0) is 6.54 Å². The van der Waals surface area contributed by atoms with Gasteiger partial charge >= 0.3 is 0 Å². The van der Waals surface area contributed by atoms with E-state index >= 15 is 0 Å². The Hall–Kier alpha value is -1.35. The Bertz CT molecular complexity index is 436. The SMILES string of the molecule is CCn1cnc(-c2ccccc2Cl)n1. The molecule has 0 amide bonds. The molecule has 0 atom stereocenters. The quantitative estimate of drug-likeness (QED) is 0.758. The molecular formula is C10H10ClN3. The zero-order valence-electron chi connectivity index (χ0n) is 7.81. The van der Waals surface area contributed by atoms with Crippen LogP contribution in [0.3, 0.4) is 0 Å². The van der Waals surface area contributed by atoms with Crippen molar-refractivity contribution in [2.45, 2.75) is 13.5 Å². The second-order valence-corrected chi connectivity index (χ2v) is 3.31. The fourth-order valence-corrected chi connectivity index (χ4v) is 1.43. The molecule has 0 fully saturated rings. The van der Waals surface area contributed by atoms with Gasteiger partial charge in [-0.25, -0.2) is 4.98 Å². The molecule has 0 aliphatic rings. The van der Waals surface area contributed by atoms with Crippen LogP contribution in [0.2, 0.25) is 5.02 Å². The molecule has 0 aliphatic heterocycles. The van der Waals surface area contributed by atoms with Gasteiger partial charge in [-0.15, -0.1) is 0 Å². The molecule has 3 nitrogen and oxygen atoms in total. The predicted molar refractivity (Wildman–Crippen MR) is 56.1 cm³/mol. The summed E-state index contributed by atoms with van der Waals surface area (Å²) in [6, 6.07) is 7.57. The number of hydrogen-bond acceptors (Lipinski definition) is 2. The Labute approximate surface area is 87.3 Å². The van der Waals surface area contributed by atoms with Crippen LogP contribution in [-0.4, -0.2) is 14.8 Å². The Morgan fingerprint density at radius 2 is 2.14 bits per heavy atom. The first-order valence-electron chi connectivity index (χ1n) is 4.45. The second kappa shape index (κ2) is 3.80. The minimum Gasteiger partial charge on any atom is -0.253 e. The average Bonchev–Trinajstić information content (AvgIpc) is 2.67. The van der Waals surface area contributed by atoms with Crippen LogP contribution in [0.1, 0.15) is 6.92 Å². The summed E-state index contributed by atoms with van der Waals surface area (Å²) in [5.74, 6) is 0.678. The van der Waals surface area contributed by atoms with Gasteiger partial charge in [0, 0.05) is 12.1 Å². The number of halogens is 1. The zero-order chi connectivity index (χ0) is 9.97. The maximum atomic E-state index is 6.02. The van der Waals surface area contributed by atoms with Gasteiger partial charge in [0.15, 0.2) is 5.82 Å². The summed E-state index contributed by atoms with van der Waals surface area (Å²) in [5.41, 5.74) is 0.876. The van der Waals surface area contributed by atoms with Crippen molar-refractivity contribution in [2.75, 3.05) is 0 Å². The highest BCUT2D eigenvalue weighted by atomic mass is 35.5. The lowest BCUT2D eigenvalue weighted by atomic mass is 10.2. The number of benzene rings is 1. The molecule has 4 heteroatoms. The second-order valence-electron chi connectivity index (χ2n) is 2.90. The van der Waals surface area contributed by atoms with Gasteiger partial charge in [0.25, 0.3) is 0 Å². The van der Waals surface area contributed by atoms with Crippen LogP contribution in [0.25, 0.3) is 11.4 Å². The van der Waals surface area contributed by atoms with Crippen LogP contribution in [0.5, 0.6) is 0 Å². The standard InChI is InChI=1S/C10H10ClN3/c1-2-14-7-12-10(13-14)8-5-3-4-6-9(8)11/h3-7H,2H2,1H3. The molecule has 0 radical (unpaired) electrons. The molecule has 0 saturated heterocycles. The normalized spacial score (nSPS) is 10.4. The maximum Gasteiger partial charge on any atom is 0.182 e. The number of aryl methyl sites for hydroxylation is 1. The third-order valence-corrected chi connectivity index (χ3v) is 2.30. The molecule has 0 N–H and O–H groups in total. The van der Waals surface area contributed by atoms with Crippen molar-refractivity contribution < 1.29 is 0 Å². The average molecular weight is 208 g/mol. The van der Waals surface area contributed by atoms with Gasteiger partial charge in [-0.2, -0.15) is 5.10 Å². The van der Waals surface area contributed by atoms with Gasteiger partial charge in [-0.3, -0.25) is 4.68 Å². The highest BCUT2D eigenvalue weighted by Gasteiger charge is 2.06. The van der Waals surface area contributed by atoms with E-state index in [1.165, 1.54) is 0 Å². The Morgan fingerprint density at radius 3 is 2.79 bits per heavy atom. The smallest absolute Gasteiger partial charge is 0.182 e. The molecule has 2 rings (SSSR count). The molecule has 72 valence electrons. The van der Waals surface area contributed by atoms with Gasteiger partial charge in [-0.05, 0) is 19.1 Å². The van der Waals surface area contributed by atoms with Crippen molar-refractivity contribution in [3.05, 3.63) is 35.6 Å². The largest absolute Gasteiger partial charge is 0.253 e. The first-order valence-corrected chi connectivity index (χ1v) is 4.83. The molecule has 2 aromatic rings. The lowest BCUT2D eigenvalue weighted by Gasteiger charge is -1.97. The van der Waals surface area contributed by atoms with Crippen LogP contribution >= 0.6 is 11.6 Å². The predicted octanol–water partition coefficient (Wildman–Crippen LogP) is 2.62. The van der Waals surface area contributed by atoms with E-state index in [-0.39, 0.29) is 0 Å². The van der Waals surface area contributed by atoms with Crippen molar-refractivity contribution >= 4 is 11.6 Å². The highest BCUT2D eigenvalue weighted by Crippen LogP contribution is 2.23. The Kier molecular flexibility index (Phi) is 2.50. The van der Waals surface area contributed by atoms with Crippen molar-refractivity contribution in [2.24, 2.45) is 0 Å². The Morgan fingerprint density at radius 1 is 1.36 bits per heavy atom. The monoisotopic (exact) mass is 207 g/mol. The van der Waals surface area contributed by atoms with Crippen molar-refractivity contribution in [1.82, 2.24) is 14.8 Å². The topological polar surface area (TPSA) is 30.7 Å². The van der Waals surface area contributed by atoms with Crippen LogP contribution in [0, 0.1) is 0 Å². The maximum absolute atomic E-state index is 6.02. The van der Waals surface area contributed by atoms with Crippen molar-refractivity contribution in [3.63, 3.8) is 0 Å². The summed E-state index contributed by atoms with van der Waals surface area (Å²) in [6.07, 6.45) is 1.71. The van der Waals surface area contributed by atoms with Gasteiger partial charge in [0.05, 0.1) is 5.02 Å². The highest BCUT2D eigenvalue weighted by molar-refractivity contribution is 6.33. The van der Waals surface area contributed by atoms with E-state index in [1.807, 2.05) is 31.2 Å². The molecule has 0 bridgehead atoms. The summed E-state index contributed by atoms with van der Waals surface area (Å²) in [7, 11) is 0. The first-order chi connectivity index (χ1) is 6.81. The van der Waals surface area contributed by atoms with Gasteiger partial charge in [0.2, 0.25) is 0 Å². The first kappa shape index (κ1) is 9.21. The van der Waals surface area contributed by atoms with E-state index in [9.17, 15) is 0 Å². The van der Waals surface area contributed by atoms with Gasteiger partial charge < -0.3 is 0 Å². The molecule has 14 heavy (non-hydrogen) atoms. The lowest BCUT2D eigenvalue weighted by molar-refractivity contribution is 0.660. The lowest BCUT2D eigenvalue weighted by Crippen LogP contribution is -1.93. The summed E-state index contributed by atoms with van der Waals surface area (Å²) in [5, 5.41) is 4.96. The third-order valence-electron chi connectivity index (χ3n) is 1.98. The summed E-state index contributed by atoms with van der Waals surface area (Å²) >= 11 is 6.02. The van der Waals surface area contributed by atoms with Gasteiger partial charge in [-0.1, -0.05) is 23.7 Å². The molecule has 1 heterocycles. The minimum absolute atomic E-state index is 0.678. The van der Waals surface area contributed by atoms with E-state index in [4.69, 9.17) is 11.6 Å². The number of hydrogen-bond donors (Lipinski definition) is 0. The molecular weight excluding hydrogens is 198 g/mol. The number of nitrogens with zero attached hydrogens (tertiary/aromatic N) is 3. The van der Waals surface area contributed by atoms with Crippen molar-refractivity contribution in [1.29, 1.82) is 0 Å². The Balaban J connectivity index is 2.44. The summed E-state index contributed by atoms with van der Waals surface area (Å²) in [4.78, 5) is 4.19. The number of aromatic nitrogens is 3. The van der Waals surface area contributed by atoms with E-state index in [1.54, 1.807) is 11.0 Å². The molecule has 0 spiro atoms. The number of rotatable bonds is 2. The molecule has 1 aromatic heterocycles. The molecule has 0 aliphatic carbocycles. The van der Waals surface area contributed by atoms with Gasteiger partial charge in [0.1, 0.15) is 6.33 Å². The van der Waals surface area contributed by atoms with E-state index < -0.39 is 0 Å². The van der Waals surface area contributed by atoms with E-state index in [0.29, 0.717) is 10.8 Å². The van der Waals surface area contributed by atoms with Crippen molar-refractivity contribution in [3.8, 4) is 11.4 Å². The molecule has 0 unspecified atom stereocenters. The third kappa shape index (κ3) is 1.63. The minimum atomic E-state index is 0.678. The van der Waals surface area contributed by atoms with Crippen LogP contribution in [0.4, 0.5) is 0 Å². The zero-order valence-corrected chi connectivity index (χ0v) is 8.57. The van der Waals surface area contributed by atoms with E-state index in [0.717, 1.165) is 12.1 Å². The molecule has 1 aromatic carbocycles. The van der Waals surface area contributed by atoms with Crippen LogP contribution in [0.15, 0.2) is 30.6 Å². The van der Waals surface area contributed by atoms with E-state index in [2.05, 4.69) is 10.1 Å². The summed E-state index contributed by atoms with van der Waals surface area (Å²) < 4.78 is 1.78. The fraction of sp³-hybridized carbons (Fsp3) is 0.200.